The summed E-state index contributed by atoms with van der Waals surface area (Å²) in [7, 11) is 0. The summed E-state index contributed by atoms with van der Waals surface area (Å²) in [6.45, 7) is 10.5. The molecule has 0 fully saturated rings. The molecule has 0 aliphatic heterocycles. The summed E-state index contributed by atoms with van der Waals surface area (Å²) < 4.78 is 12.4. The Morgan fingerprint density at radius 1 is 0.903 bits per heavy atom. The van der Waals surface area contributed by atoms with E-state index >= 15 is 0 Å². The number of unbranched alkanes of at least 4 members (excludes halogenated alkanes) is 4. The summed E-state index contributed by atoms with van der Waals surface area (Å²) in [5.74, 6) is 2.25. The molecule has 0 atom stereocenters. The van der Waals surface area contributed by atoms with E-state index in [9.17, 15) is 0 Å². The third kappa shape index (κ3) is 10.8. The maximum atomic E-state index is 6.22. The molecule has 1 aromatic carbocycles. The first-order chi connectivity index (χ1) is 14.9. The maximum Gasteiger partial charge on any atom is 0.247 e. The number of benzene rings is 1. The van der Waals surface area contributed by atoms with E-state index < -0.39 is 5.69 Å². The molecule has 0 bridgehead atoms. The topological polar surface area (TPSA) is 60.0 Å². The van der Waals surface area contributed by atoms with E-state index in [2.05, 4.69) is 49.2 Å². The van der Waals surface area contributed by atoms with E-state index in [-0.39, 0.29) is 0 Å². The summed E-state index contributed by atoms with van der Waals surface area (Å²) in [5.41, 5.74) is 0.509. The lowest BCUT2D eigenvalue weighted by Crippen LogP contribution is -1.99. The summed E-state index contributed by atoms with van der Waals surface area (Å²) in [5, 5.41) is 11.2. The van der Waals surface area contributed by atoms with Gasteiger partial charge in [0.05, 0.1) is 13.2 Å². The van der Waals surface area contributed by atoms with Crippen LogP contribution in [0.4, 0.5) is 0 Å². The number of rotatable bonds is 17. The minimum atomic E-state index is -2.39. The number of aromatic nitrogens is 3. The Morgan fingerprint density at radius 2 is 1.52 bits per heavy atom. The van der Waals surface area contributed by atoms with Gasteiger partial charge in [-0.2, -0.15) is 15.4 Å². The van der Waals surface area contributed by atoms with Crippen LogP contribution in [-0.4, -0.2) is 28.6 Å². The third-order valence-electron chi connectivity index (χ3n) is 5.16. The highest BCUT2D eigenvalue weighted by Gasteiger charge is 2.21. The molecule has 8 heteroatoms. The van der Waals surface area contributed by atoms with Gasteiger partial charge in [-0.15, -0.1) is 0 Å². The first kappa shape index (κ1) is 26.8. The van der Waals surface area contributed by atoms with Gasteiger partial charge < -0.3 is 9.05 Å². The van der Waals surface area contributed by atoms with Crippen LogP contribution in [0, 0.1) is 11.8 Å². The zero-order valence-corrected chi connectivity index (χ0v) is 22.2. The Bertz CT molecular complexity index is 774. The molecule has 1 aromatic heterocycles. The third-order valence-corrected chi connectivity index (χ3v) is 10.5. The van der Waals surface area contributed by atoms with Crippen molar-refractivity contribution in [1.29, 1.82) is 0 Å². The molecule has 0 saturated carbocycles. The van der Waals surface area contributed by atoms with E-state index in [1.165, 1.54) is 38.5 Å². The Hall–Kier alpha value is -0.460. The van der Waals surface area contributed by atoms with Gasteiger partial charge in [-0.05, 0) is 48.1 Å². The molecule has 0 unspecified atom stereocenters. The molecule has 0 aliphatic carbocycles. The molecule has 31 heavy (non-hydrogen) atoms. The number of hydrogen-bond acceptors (Lipinski definition) is 6. The van der Waals surface area contributed by atoms with Gasteiger partial charge in [0.15, 0.2) is 0 Å². The molecule has 176 valence electrons. The highest BCUT2D eigenvalue weighted by Crippen LogP contribution is 2.62. The van der Waals surface area contributed by atoms with Gasteiger partial charge in [0.25, 0.3) is 0 Å². The van der Waals surface area contributed by atoms with Crippen LogP contribution in [0.3, 0.4) is 0 Å². The van der Waals surface area contributed by atoms with Crippen molar-refractivity contribution < 1.29 is 9.05 Å². The van der Waals surface area contributed by atoms with Crippen molar-refractivity contribution in [2.75, 3.05) is 13.2 Å². The van der Waals surface area contributed by atoms with Crippen LogP contribution >= 0.6 is 17.1 Å². The molecule has 2 rings (SSSR count). The van der Waals surface area contributed by atoms with Crippen molar-refractivity contribution in [3.05, 3.63) is 23.8 Å². The minimum absolute atomic E-state index is 0.684. The van der Waals surface area contributed by atoms with Gasteiger partial charge >= 0.3 is 0 Å². The molecule has 0 aliphatic rings. The number of hydrogen-bond donors (Lipinski definition) is 1. The average molecular weight is 486 g/mol. The van der Waals surface area contributed by atoms with Crippen molar-refractivity contribution in [3.63, 3.8) is 0 Å². The van der Waals surface area contributed by atoms with Crippen molar-refractivity contribution in [2.24, 2.45) is 11.8 Å². The zero-order chi connectivity index (χ0) is 22.5. The fourth-order valence-corrected chi connectivity index (χ4v) is 7.49. The van der Waals surface area contributed by atoms with Crippen molar-refractivity contribution in [2.45, 2.75) is 84.8 Å². The highest BCUT2D eigenvalue weighted by atomic mass is 32.9. The number of H-pyrrole nitrogens is 1. The number of para-hydroxylation sites is 1. The van der Waals surface area contributed by atoms with E-state index in [1.54, 1.807) is 11.4 Å². The van der Waals surface area contributed by atoms with Gasteiger partial charge in [-0.25, -0.2) is 0 Å². The second-order valence-electron chi connectivity index (χ2n) is 8.98. The van der Waals surface area contributed by atoms with Crippen LogP contribution in [0.25, 0.3) is 11.0 Å². The summed E-state index contributed by atoms with van der Waals surface area (Å²) in [4.78, 5) is 0. The Kier molecular flexibility index (Phi) is 12.7. The maximum absolute atomic E-state index is 6.22. The molecule has 0 spiro atoms. The molecule has 0 radical (unpaired) electrons. The normalized spacial score (nSPS) is 12.5. The smallest absolute Gasteiger partial charge is 0.247 e. The molecular formula is C23H40N3O2PS2. The second-order valence-corrected chi connectivity index (χ2v) is 15.3. The molecule has 0 saturated heterocycles. The van der Waals surface area contributed by atoms with Gasteiger partial charge in [0.2, 0.25) is 5.69 Å². The Balaban J connectivity index is 1.85. The van der Waals surface area contributed by atoms with Gasteiger partial charge in [-0.3, -0.25) is 0 Å². The Morgan fingerprint density at radius 3 is 2.10 bits per heavy atom. The van der Waals surface area contributed by atoms with Crippen LogP contribution in [0.15, 0.2) is 18.2 Å². The predicted molar refractivity (Wildman–Crippen MR) is 138 cm³/mol. The largest absolute Gasteiger partial charge is 0.322 e. The standard InChI is InChI=1S/C23H40N3O2PS2/c1-19(2)12-7-5-9-16-27-29(30,28-17-10-6-8-13-20(3)4)31-18-21-14-11-15-22-23(21)25-26-24-22/h11,14-15,19-20H,5-10,12-13,16-18H2,1-4H3,(H,24,25,26). The molecule has 5 nitrogen and oxygen atoms in total. The van der Waals surface area contributed by atoms with Crippen LogP contribution in [0.5, 0.6) is 0 Å². The summed E-state index contributed by atoms with van der Waals surface area (Å²) in [6.07, 6.45) is 9.51. The lowest BCUT2D eigenvalue weighted by atomic mass is 10.1. The molecular weight excluding hydrogens is 445 g/mol. The summed E-state index contributed by atoms with van der Waals surface area (Å²) >= 11 is 7.56. The van der Waals surface area contributed by atoms with E-state index in [4.69, 9.17) is 20.9 Å². The molecule has 2 aromatic rings. The fraction of sp³-hybridized carbons (Fsp3) is 0.739. The van der Waals surface area contributed by atoms with Crippen molar-refractivity contribution >= 4 is 39.9 Å². The van der Waals surface area contributed by atoms with Crippen LogP contribution in [0.2, 0.25) is 0 Å². The lowest BCUT2D eigenvalue weighted by molar-refractivity contribution is 0.248. The van der Waals surface area contributed by atoms with E-state index in [0.717, 1.165) is 47.0 Å². The first-order valence-electron chi connectivity index (χ1n) is 11.7. The second kappa shape index (κ2) is 14.6. The molecule has 0 amide bonds. The number of aromatic amines is 1. The van der Waals surface area contributed by atoms with Crippen LogP contribution < -0.4 is 0 Å². The van der Waals surface area contributed by atoms with Crippen molar-refractivity contribution in [1.82, 2.24) is 15.4 Å². The van der Waals surface area contributed by atoms with Crippen LogP contribution in [-0.2, 0) is 26.6 Å². The lowest BCUT2D eigenvalue weighted by Gasteiger charge is -2.22. The summed E-state index contributed by atoms with van der Waals surface area (Å²) in [6, 6.07) is 6.05. The molecule has 1 heterocycles. The number of nitrogens with one attached hydrogen (secondary N) is 1. The van der Waals surface area contributed by atoms with E-state index in [1.807, 2.05) is 12.1 Å². The average Bonchev–Trinajstić information content (AvgIpc) is 3.21. The van der Waals surface area contributed by atoms with E-state index in [0.29, 0.717) is 13.2 Å². The quantitative estimate of drug-likeness (QED) is 0.182. The number of fused-ring (bicyclic) bond motifs is 1. The monoisotopic (exact) mass is 485 g/mol. The zero-order valence-electron chi connectivity index (χ0n) is 19.6. The van der Waals surface area contributed by atoms with Gasteiger partial charge in [-0.1, -0.05) is 89.7 Å². The Labute approximate surface area is 197 Å². The highest BCUT2D eigenvalue weighted by molar-refractivity contribution is 8.67. The number of nitrogens with zero attached hydrogens (tertiary/aromatic N) is 2. The fourth-order valence-electron chi connectivity index (χ4n) is 3.32. The molecule has 1 N–H and O–H groups in total. The SMILES string of the molecule is CC(C)CCCCCOP(=S)(OCCCCCC(C)C)SCc1cccc2n[nH]nc12. The predicted octanol–water partition coefficient (Wildman–Crippen LogP) is 7.88. The minimum Gasteiger partial charge on any atom is -0.322 e. The van der Waals surface area contributed by atoms with Gasteiger partial charge in [0.1, 0.15) is 11.0 Å². The van der Waals surface area contributed by atoms with Gasteiger partial charge in [0, 0.05) is 5.75 Å². The van der Waals surface area contributed by atoms with Crippen molar-refractivity contribution in [3.8, 4) is 0 Å². The first-order valence-corrected chi connectivity index (χ1v) is 15.9. The van der Waals surface area contributed by atoms with Crippen LogP contribution in [0.1, 0.15) is 84.6 Å².